The number of esters is 1. The van der Waals surface area contributed by atoms with Crippen LogP contribution >= 0.6 is 0 Å². The molecule has 0 radical (unpaired) electrons. The van der Waals surface area contributed by atoms with Crippen LogP contribution in [-0.4, -0.2) is 31.1 Å². The van der Waals surface area contributed by atoms with E-state index in [1.165, 1.54) is 0 Å². The topological polar surface area (TPSA) is 63.2 Å². The van der Waals surface area contributed by atoms with Gasteiger partial charge < -0.3 is 23.7 Å². The third-order valence-electron chi connectivity index (χ3n) is 7.39. The third-order valence-corrected chi connectivity index (χ3v) is 7.39. The van der Waals surface area contributed by atoms with E-state index in [0.29, 0.717) is 49.2 Å². The zero-order valence-electron chi connectivity index (χ0n) is 24.1. The van der Waals surface area contributed by atoms with Gasteiger partial charge >= 0.3 is 5.97 Å². The number of carbonyl (C=O) groups excluding carboxylic acids is 1. The number of benzene rings is 4. The van der Waals surface area contributed by atoms with Gasteiger partial charge in [-0.15, -0.1) is 0 Å². The highest BCUT2D eigenvalue weighted by Gasteiger charge is 2.42. The van der Waals surface area contributed by atoms with E-state index in [9.17, 15) is 4.79 Å². The predicted octanol–water partition coefficient (Wildman–Crippen LogP) is 7.47. The molecule has 0 spiro atoms. The summed E-state index contributed by atoms with van der Waals surface area (Å²) in [6, 6.07) is 36.3. The van der Waals surface area contributed by atoms with Crippen molar-refractivity contribution in [1.82, 2.24) is 0 Å². The molecule has 4 atom stereocenters. The van der Waals surface area contributed by atoms with Crippen molar-refractivity contribution in [2.75, 3.05) is 6.61 Å². The van der Waals surface area contributed by atoms with E-state index >= 15 is 0 Å². The summed E-state index contributed by atoms with van der Waals surface area (Å²) in [5, 5.41) is 0. The molecule has 0 aromatic heterocycles. The lowest BCUT2D eigenvalue weighted by Crippen LogP contribution is -2.51. The fourth-order valence-electron chi connectivity index (χ4n) is 5.31. The molecule has 1 aliphatic heterocycles. The van der Waals surface area contributed by atoms with Crippen molar-refractivity contribution in [3.05, 3.63) is 132 Å². The van der Waals surface area contributed by atoms with Crippen molar-refractivity contribution < 1.29 is 28.5 Å². The Kier molecular flexibility index (Phi) is 10.4. The van der Waals surface area contributed by atoms with Gasteiger partial charge in [0.2, 0.25) is 6.29 Å². The van der Waals surface area contributed by atoms with Crippen LogP contribution in [0.25, 0.3) is 0 Å². The number of carbonyl (C=O) groups is 1. The molecule has 0 saturated carbocycles. The Morgan fingerprint density at radius 3 is 1.95 bits per heavy atom. The monoisotopic (exact) mass is 566 g/mol. The molecule has 5 rings (SSSR count). The van der Waals surface area contributed by atoms with E-state index in [1.807, 2.05) is 42.5 Å². The van der Waals surface area contributed by atoms with Gasteiger partial charge in [-0.1, -0.05) is 92.7 Å². The largest absolute Gasteiger partial charge is 0.465 e. The van der Waals surface area contributed by atoms with Gasteiger partial charge in [0.05, 0.1) is 37.6 Å². The van der Waals surface area contributed by atoms with Crippen LogP contribution in [0.5, 0.6) is 11.5 Å². The molecule has 1 aliphatic rings. The van der Waals surface area contributed by atoms with Crippen LogP contribution < -0.4 is 9.47 Å². The summed E-state index contributed by atoms with van der Waals surface area (Å²) in [4.78, 5) is 12.4. The predicted molar refractivity (Wildman–Crippen MR) is 161 cm³/mol. The highest BCUT2D eigenvalue weighted by Crippen LogP contribution is 2.35. The molecule has 6 heteroatoms. The number of rotatable bonds is 12. The quantitative estimate of drug-likeness (QED) is 0.131. The fraction of sp³-hybridized carbons (Fsp3) is 0.306. The van der Waals surface area contributed by atoms with E-state index in [2.05, 4.69) is 38.1 Å². The summed E-state index contributed by atoms with van der Waals surface area (Å²) >= 11 is 0. The molecule has 42 heavy (non-hydrogen) atoms. The van der Waals surface area contributed by atoms with Gasteiger partial charge in [-0.2, -0.15) is 0 Å². The second-order valence-electron chi connectivity index (χ2n) is 10.8. The van der Waals surface area contributed by atoms with Gasteiger partial charge in [0.15, 0.2) is 0 Å². The maximum atomic E-state index is 12.4. The first-order valence-corrected chi connectivity index (χ1v) is 14.5. The number of hydrogen-bond donors (Lipinski definition) is 0. The summed E-state index contributed by atoms with van der Waals surface area (Å²) in [7, 11) is 0. The minimum absolute atomic E-state index is 0.0830. The maximum absolute atomic E-state index is 12.4. The standard InChI is InChI=1S/C36H38O6/c1-26(2)35-32(39-24-28-14-8-4-9-15-28)22-34(42-33(35)25-38-23-27-12-6-3-7-13-27)40-30-18-20-31(21-19-30)41-36(37)29-16-10-5-11-17-29/h3-21,26,32-35H,22-25H2,1-2H3. The molecule has 218 valence electrons. The highest BCUT2D eigenvalue weighted by molar-refractivity contribution is 5.90. The van der Waals surface area contributed by atoms with Crippen LogP contribution in [0.3, 0.4) is 0 Å². The fourth-order valence-corrected chi connectivity index (χ4v) is 5.31. The second kappa shape index (κ2) is 14.8. The van der Waals surface area contributed by atoms with Gasteiger partial charge in [-0.3, -0.25) is 0 Å². The molecular weight excluding hydrogens is 528 g/mol. The maximum Gasteiger partial charge on any atom is 0.343 e. The smallest absolute Gasteiger partial charge is 0.343 e. The second-order valence-corrected chi connectivity index (χ2v) is 10.8. The molecule has 0 N–H and O–H groups in total. The first kappa shape index (κ1) is 29.5. The Morgan fingerprint density at radius 2 is 1.33 bits per heavy atom. The average Bonchev–Trinajstić information content (AvgIpc) is 3.02. The molecule has 6 nitrogen and oxygen atoms in total. The Morgan fingerprint density at radius 1 is 0.762 bits per heavy atom. The van der Waals surface area contributed by atoms with E-state index in [-0.39, 0.29) is 18.1 Å². The third kappa shape index (κ3) is 8.29. The van der Waals surface area contributed by atoms with Crippen molar-refractivity contribution in [3.8, 4) is 11.5 Å². The first-order chi connectivity index (χ1) is 20.5. The zero-order valence-corrected chi connectivity index (χ0v) is 24.1. The summed E-state index contributed by atoms with van der Waals surface area (Å²) in [5.41, 5.74) is 2.74. The average molecular weight is 567 g/mol. The van der Waals surface area contributed by atoms with Crippen molar-refractivity contribution in [3.63, 3.8) is 0 Å². The molecule has 1 saturated heterocycles. The van der Waals surface area contributed by atoms with E-state index in [1.54, 1.807) is 48.5 Å². The van der Waals surface area contributed by atoms with Gasteiger partial charge in [0.25, 0.3) is 0 Å². The lowest BCUT2D eigenvalue weighted by Gasteiger charge is -2.43. The summed E-state index contributed by atoms with van der Waals surface area (Å²) in [6.07, 6.45) is -0.237. The molecule has 1 heterocycles. The van der Waals surface area contributed by atoms with Crippen LogP contribution in [0.2, 0.25) is 0 Å². The lowest BCUT2D eigenvalue weighted by atomic mass is 9.82. The number of hydrogen-bond acceptors (Lipinski definition) is 6. The van der Waals surface area contributed by atoms with E-state index in [0.717, 1.165) is 11.1 Å². The normalized spacial score (nSPS) is 20.3. The minimum Gasteiger partial charge on any atom is -0.465 e. The molecule has 4 aromatic carbocycles. The van der Waals surface area contributed by atoms with Gasteiger partial charge in [-0.25, -0.2) is 4.79 Å². The van der Waals surface area contributed by atoms with Crippen LogP contribution in [0.15, 0.2) is 115 Å². The van der Waals surface area contributed by atoms with Crippen molar-refractivity contribution in [1.29, 1.82) is 0 Å². The van der Waals surface area contributed by atoms with Gasteiger partial charge in [-0.05, 0) is 53.4 Å². The molecule has 4 unspecified atom stereocenters. The Balaban J connectivity index is 1.26. The number of ether oxygens (including phenoxy) is 5. The summed E-state index contributed by atoms with van der Waals surface area (Å²) < 4.78 is 31.0. The van der Waals surface area contributed by atoms with Crippen molar-refractivity contribution >= 4 is 5.97 Å². The molecule has 0 aliphatic carbocycles. The van der Waals surface area contributed by atoms with E-state index < -0.39 is 12.3 Å². The molecule has 0 bridgehead atoms. The minimum atomic E-state index is -0.524. The lowest BCUT2D eigenvalue weighted by molar-refractivity contribution is -0.234. The molecular formula is C36H38O6. The Bertz CT molecular complexity index is 1360. The zero-order chi connectivity index (χ0) is 29.1. The van der Waals surface area contributed by atoms with E-state index in [4.69, 9.17) is 23.7 Å². The van der Waals surface area contributed by atoms with Crippen LogP contribution in [0.4, 0.5) is 0 Å². The van der Waals surface area contributed by atoms with Crippen molar-refractivity contribution in [2.45, 2.75) is 52.0 Å². The highest BCUT2D eigenvalue weighted by atomic mass is 16.7. The van der Waals surface area contributed by atoms with Crippen molar-refractivity contribution in [2.24, 2.45) is 11.8 Å². The van der Waals surface area contributed by atoms with Crippen LogP contribution in [-0.2, 0) is 27.4 Å². The summed E-state index contributed by atoms with van der Waals surface area (Å²) in [6.45, 7) is 5.86. The van der Waals surface area contributed by atoms with Gasteiger partial charge in [0.1, 0.15) is 11.5 Å². The Labute approximate surface area is 248 Å². The molecule has 0 amide bonds. The Hall–Kier alpha value is -3.97. The SMILES string of the molecule is CC(C)C1C(OCc2ccccc2)CC(Oc2ccc(OC(=O)c3ccccc3)cc2)OC1COCc1ccccc1. The van der Waals surface area contributed by atoms with Crippen LogP contribution in [0, 0.1) is 11.8 Å². The van der Waals surface area contributed by atoms with Gasteiger partial charge in [0, 0.05) is 12.3 Å². The summed E-state index contributed by atoms with van der Waals surface area (Å²) in [5.74, 6) is 1.10. The molecule has 1 fully saturated rings. The first-order valence-electron chi connectivity index (χ1n) is 14.5. The van der Waals surface area contributed by atoms with Crippen LogP contribution in [0.1, 0.15) is 41.8 Å². The molecule has 4 aromatic rings.